The van der Waals surface area contributed by atoms with E-state index in [4.69, 9.17) is 0 Å². The van der Waals surface area contributed by atoms with Crippen molar-refractivity contribution in [1.82, 2.24) is 0 Å². The van der Waals surface area contributed by atoms with Gasteiger partial charge in [-0.2, -0.15) is 0 Å². The zero-order valence-corrected chi connectivity index (χ0v) is 20.6. The number of carbonyl (C=O) groups excluding carboxylic acids is 2. The van der Waals surface area contributed by atoms with E-state index in [-0.39, 0.29) is 27.8 Å². The van der Waals surface area contributed by atoms with Gasteiger partial charge >= 0.3 is 0 Å². The summed E-state index contributed by atoms with van der Waals surface area (Å²) in [6.45, 7) is 13.4. The fourth-order valence-electron chi connectivity index (χ4n) is 4.34. The molecule has 1 aromatic carbocycles. The standard InChI is InChI=1S/C25H39BNO2S/c1-7-8-9-10-11-16-30-21-17-22(28)27(23(21)29)20-14-12-19(13-15-20)24(2,3)18-25(4,5)26-6/h12-15,21H,7-11,16-18H2,1-6H3. The first-order valence-electron chi connectivity index (χ1n) is 11.5. The Hall–Kier alpha value is -1.23. The molecule has 0 spiro atoms. The lowest BCUT2D eigenvalue weighted by atomic mass is 9.51. The number of thioether (sulfide) groups is 1. The zero-order valence-electron chi connectivity index (χ0n) is 19.8. The van der Waals surface area contributed by atoms with Crippen LogP contribution in [-0.4, -0.2) is 30.1 Å². The first-order valence-corrected chi connectivity index (χ1v) is 12.6. The SMILES string of the molecule is C[B]C(C)(C)CC(C)(C)c1ccc(N2C(=O)CC(SCCCCCCC)C2=O)cc1. The lowest BCUT2D eigenvalue weighted by molar-refractivity contribution is -0.121. The second-order valence-corrected chi connectivity index (χ2v) is 11.2. The first kappa shape index (κ1) is 25.0. The molecule has 1 unspecified atom stereocenters. The summed E-state index contributed by atoms with van der Waals surface area (Å²) in [4.78, 5) is 26.8. The number of hydrogen-bond acceptors (Lipinski definition) is 3. The van der Waals surface area contributed by atoms with Crippen molar-refractivity contribution in [3.63, 3.8) is 0 Å². The summed E-state index contributed by atoms with van der Waals surface area (Å²) in [7, 11) is 2.26. The topological polar surface area (TPSA) is 37.4 Å². The molecule has 1 aliphatic rings. The molecule has 0 N–H and O–H groups in total. The van der Waals surface area contributed by atoms with Crippen LogP contribution in [0.4, 0.5) is 5.69 Å². The van der Waals surface area contributed by atoms with Crippen LogP contribution in [0.2, 0.25) is 12.1 Å². The highest BCUT2D eigenvalue weighted by Crippen LogP contribution is 2.41. The highest BCUT2D eigenvalue weighted by atomic mass is 32.2. The quantitative estimate of drug-likeness (QED) is 0.213. The van der Waals surface area contributed by atoms with Gasteiger partial charge in [-0.3, -0.25) is 9.59 Å². The number of anilines is 1. The molecule has 2 rings (SSSR count). The zero-order chi connectivity index (χ0) is 22.4. The molecular formula is C25H39BNO2S. The van der Waals surface area contributed by atoms with Crippen molar-refractivity contribution in [1.29, 1.82) is 0 Å². The molecule has 2 amide bonds. The van der Waals surface area contributed by atoms with Crippen LogP contribution in [0.25, 0.3) is 0 Å². The molecule has 0 saturated carbocycles. The van der Waals surface area contributed by atoms with E-state index in [1.807, 2.05) is 12.1 Å². The Kier molecular flexibility index (Phi) is 9.08. The number of rotatable bonds is 12. The molecule has 0 bridgehead atoms. The first-order chi connectivity index (χ1) is 14.1. The Balaban J connectivity index is 1.99. The summed E-state index contributed by atoms with van der Waals surface area (Å²) < 4.78 is 0. The van der Waals surface area contributed by atoms with Crippen LogP contribution in [-0.2, 0) is 15.0 Å². The van der Waals surface area contributed by atoms with Crippen LogP contribution in [0.5, 0.6) is 0 Å². The molecule has 3 nitrogen and oxygen atoms in total. The summed E-state index contributed by atoms with van der Waals surface area (Å²) in [5.74, 6) is 0.836. The molecule has 1 saturated heterocycles. The van der Waals surface area contributed by atoms with Gasteiger partial charge in [0.2, 0.25) is 11.8 Å². The Morgan fingerprint density at radius 1 is 1.03 bits per heavy atom. The van der Waals surface area contributed by atoms with Gasteiger partial charge in [0.25, 0.3) is 0 Å². The third-order valence-corrected chi connectivity index (χ3v) is 7.55. The van der Waals surface area contributed by atoms with Crippen molar-refractivity contribution in [2.45, 2.75) is 102 Å². The van der Waals surface area contributed by atoms with Gasteiger partial charge in [-0.05, 0) is 41.7 Å². The fraction of sp³-hybridized carbons (Fsp3) is 0.680. The van der Waals surface area contributed by atoms with Gasteiger partial charge in [-0.15, -0.1) is 11.8 Å². The van der Waals surface area contributed by atoms with Gasteiger partial charge in [0.1, 0.15) is 7.28 Å². The smallest absolute Gasteiger partial charge is 0.247 e. The van der Waals surface area contributed by atoms with E-state index < -0.39 is 0 Å². The van der Waals surface area contributed by atoms with E-state index in [2.05, 4.69) is 60.9 Å². The molecule has 165 valence electrons. The van der Waals surface area contributed by atoms with E-state index in [9.17, 15) is 9.59 Å². The number of benzene rings is 1. The van der Waals surface area contributed by atoms with E-state index in [0.717, 1.165) is 18.6 Å². The summed E-state index contributed by atoms with van der Waals surface area (Å²) in [6.07, 6.45) is 7.47. The average molecular weight is 428 g/mol. The van der Waals surface area contributed by atoms with Crippen LogP contribution in [0.15, 0.2) is 24.3 Å². The van der Waals surface area contributed by atoms with Gasteiger partial charge in [0, 0.05) is 6.42 Å². The summed E-state index contributed by atoms with van der Waals surface area (Å²) in [5.41, 5.74) is 1.96. The third-order valence-electron chi connectivity index (χ3n) is 6.26. The van der Waals surface area contributed by atoms with Crippen LogP contribution >= 0.6 is 11.8 Å². The van der Waals surface area contributed by atoms with Crippen LogP contribution in [0.1, 0.15) is 85.1 Å². The van der Waals surface area contributed by atoms with Gasteiger partial charge in [-0.1, -0.05) is 84.6 Å². The van der Waals surface area contributed by atoms with E-state index >= 15 is 0 Å². The van der Waals surface area contributed by atoms with Crippen LogP contribution in [0.3, 0.4) is 0 Å². The Labute approximate surface area is 189 Å². The minimum atomic E-state index is -0.222. The number of carbonyl (C=O) groups is 2. The van der Waals surface area contributed by atoms with E-state index in [1.165, 1.54) is 36.1 Å². The van der Waals surface area contributed by atoms with Crippen molar-refractivity contribution in [3.05, 3.63) is 29.8 Å². The Morgan fingerprint density at radius 2 is 1.67 bits per heavy atom. The minimum Gasteiger partial charge on any atom is -0.274 e. The van der Waals surface area contributed by atoms with Crippen molar-refractivity contribution in [2.75, 3.05) is 10.7 Å². The normalized spacial score (nSPS) is 17.7. The predicted octanol–water partition coefficient (Wildman–Crippen LogP) is 6.64. The second-order valence-electron chi connectivity index (χ2n) is 9.93. The molecule has 1 aliphatic heterocycles. The summed E-state index contributed by atoms with van der Waals surface area (Å²) in [6, 6.07) is 8.03. The van der Waals surface area contributed by atoms with E-state index in [1.54, 1.807) is 11.8 Å². The van der Waals surface area contributed by atoms with Crippen molar-refractivity contribution in [3.8, 4) is 0 Å². The molecule has 1 atom stereocenters. The highest BCUT2D eigenvalue weighted by Gasteiger charge is 2.39. The molecule has 30 heavy (non-hydrogen) atoms. The molecule has 1 radical (unpaired) electrons. The molecule has 1 aromatic rings. The fourth-order valence-corrected chi connectivity index (χ4v) is 5.51. The third kappa shape index (κ3) is 6.64. The van der Waals surface area contributed by atoms with Crippen molar-refractivity contribution < 1.29 is 9.59 Å². The van der Waals surface area contributed by atoms with Gasteiger partial charge < -0.3 is 0 Å². The van der Waals surface area contributed by atoms with Crippen molar-refractivity contribution in [2.24, 2.45) is 0 Å². The minimum absolute atomic E-state index is 0.0176. The van der Waals surface area contributed by atoms with Crippen LogP contribution in [0, 0.1) is 0 Å². The van der Waals surface area contributed by atoms with Crippen LogP contribution < -0.4 is 4.90 Å². The maximum absolute atomic E-state index is 12.9. The molecule has 0 aromatic heterocycles. The van der Waals surface area contributed by atoms with Crippen molar-refractivity contribution >= 4 is 36.5 Å². The van der Waals surface area contributed by atoms with Gasteiger partial charge in [0.15, 0.2) is 0 Å². The number of nitrogens with zero attached hydrogens (tertiary/aromatic N) is 1. The van der Waals surface area contributed by atoms with Gasteiger partial charge in [0.05, 0.1) is 10.9 Å². The maximum atomic E-state index is 12.9. The number of amides is 2. The van der Waals surface area contributed by atoms with Gasteiger partial charge in [-0.25, -0.2) is 4.90 Å². The second kappa shape index (κ2) is 10.9. The molecule has 1 fully saturated rings. The Bertz CT molecular complexity index is 714. The van der Waals surface area contributed by atoms with E-state index in [0.29, 0.717) is 12.1 Å². The lowest BCUT2D eigenvalue weighted by Gasteiger charge is -2.35. The average Bonchev–Trinajstić information content (AvgIpc) is 2.97. The predicted molar refractivity (Wildman–Crippen MR) is 132 cm³/mol. The highest BCUT2D eigenvalue weighted by molar-refractivity contribution is 8.00. The molecule has 0 aliphatic carbocycles. The molecule has 1 heterocycles. The summed E-state index contributed by atoms with van der Waals surface area (Å²) >= 11 is 1.65. The number of imide groups is 1. The maximum Gasteiger partial charge on any atom is 0.247 e. The largest absolute Gasteiger partial charge is 0.274 e. The lowest BCUT2D eigenvalue weighted by Crippen LogP contribution is -2.31. The monoisotopic (exact) mass is 428 g/mol. The molecule has 5 heteroatoms. The number of hydrogen-bond donors (Lipinski definition) is 0. The molecular weight excluding hydrogens is 389 g/mol. The summed E-state index contributed by atoms with van der Waals surface area (Å²) in [5, 5.41) is -0.0648. The Morgan fingerprint density at radius 3 is 2.27 bits per heavy atom. The number of unbranched alkanes of at least 4 members (excludes halogenated alkanes) is 4.